The molecule has 6 heteroatoms. The molecule has 6 nitrogen and oxygen atoms in total. The van der Waals surface area contributed by atoms with Gasteiger partial charge in [-0.25, -0.2) is 0 Å². The summed E-state index contributed by atoms with van der Waals surface area (Å²) in [5.41, 5.74) is 6.69. The van der Waals surface area contributed by atoms with Crippen molar-refractivity contribution in [2.45, 2.75) is 6.42 Å². The Labute approximate surface area is 98.0 Å². The number of hydrazone groups is 1. The Morgan fingerprint density at radius 2 is 2.18 bits per heavy atom. The quantitative estimate of drug-likeness (QED) is 0.341. The lowest BCUT2D eigenvalue weighted by atomic mass is 9.98. The van der Waals surface area contributed by atoms with Crippen molar-refractivity contribution in [2.75, 3.05) is 0 Å². The highest BCUT2D eigenvalue weighted by molar-refractivity contribution is 6.10. The van der Waals surface area contributed by atoms with Crippen LogP contribution >= 0.6 is 0 Å². The maximum absolute atomic E-state index is 11.8. The van der Waals surface area contributed by atoms with Gasteiger partial charge in [-0.1, -0.05) is 35.5 Å². The van der Waals surface area contributed by atoms with Gasteiger partial charge in [-0.2, -0.15) is 10.1 Å². The first-order chi connectivity index (χ1) is 8.22. The van der Waals surface area contributed by atoms with Crippen molar-refractivity contribution in [2.24, 2.45) is 21.9 Å². The maximum Gasteiger partial charge on any atom is 0.259 e. The van der Waals surface area contributed by atoms with Gasteiger partial charge in [0.25, 0.3) is 5.91 Å². The molecule has 17 heavy (non-hydrogen) atoms. The summed E-state index contributed by atoms with van der Waals surface area (Å²) in [5, 5.41) is 15.9. The molecule has 1 unspecified atom stereocenters. The lowest BCUT2D eigenvalue weighted by Gasteiger charge is -2.09. The molecule has 3 N–H and O–H groups in total. The molecule has 0 aromatic heterocycles. The molecular weight excluding hydrogens is 220 g/mol. The lowest BCUT2D eigenvalue weighted by Crippen LogP contribution is -2.31. The lowest BCUT2D eigenvalue weighted by molar-refractivity contribution is -0.127. The fraction of sp³-hybridized carbons (Fsp3) is 0.182. The summed E-state index contributed by atoms with van der Waals surface area (Å²) in [6.45, 7) is 0. The molecule has 2 rings (SSSR count). The molecule has 0 spiro atoms. The van der Waals surface area contributed by atoms with E-state index >= 15 is 0 Å². The Kier molecular flexibility index (Phi) is 3.04. The number of carbonyl (C=O) groups is 1. The number of amidine groups is 1. The summed E-state index contributed by atoms with van der Waals surface area (Å²) in [6, 6.07) is 9.54. The van der Waals surface area contributed by atoms with Crippen molar-refractivity contribution in [1.29, 1.82) is 0 Å². The van der Waals surface area contributed by atoms with Gasteiger partial charge in [-0.15, -0.1) is 0 Å². The van der Waals surface area contributed by atoms with E-state index in [0.717, 1.165) is 16.9 Å². The first-order valence-corrected chi connectivity index (χ1v) is 5.11. The average molecular weight is 232 g/mol. The molecule has 0 bridgehead atoms. The van der Waals surface area contributed by atoms with E-state index in [0.29, 0.717) is 6.42 Å². The molecule has 1 aromatic rings. The van der Waals surface area contributed by atoms with Gasteiger partial charge in [0, 0.05) is 0 Å². The van der Waals surface area contributed by atoms with Crippen molar-refractivity contribution in [3.05, 3.63) is 35.9 Å². The zero-order valence-electron chi connectivity index (χ0n) is 9.02. The molecule has 1 aromatic carbocycles. The molecule has 1 amide bonds. The third-order valence-electron chi connectivity index (χ3n) is 2.55. The van der Waals surface area contributed by atoms with Crippen molar-refractivity contribution >= 4 is 18.1 Å². The number of nitrogens with two attached hydrogens (primary N) is 1. The third kappa shape index (κ3) is 2.25. The first kappa shape index (κ1) is 11.1. The van der Waals surface area contributed by atoms with Crippen LogP contribution in [0.4, 0.5) is 0 Å². The molecule has 1 aliphatic rings. The minimum atomic E-state index is -0.490. The van der Waals surface area contributed by atoms with Gasteiger partial charge in [0.05, 0.1) is 0 Å². The standard InChI is InChI=1S/C11H12N4O2/c12-10-9(6-8-4-2-1-3-5-8)11(16)15(14-10)7-13-17/h1-5,7,9,17H,6H2,(H2,12,14)/b13-7+. The van der Waals surface area contributed by atoms with E-state index in [1.165, 1.54) is 0 Å². The second-order valence-electron chi connectivity index (χ2n) is 3.68. The molecule has 0 fully saturated rings. The monoisotopic (exact) mass is 232 g/mol. The van der Waals surface area contributed by atoms with Crippen LogP contribution in [-0.2, 0) is 11.2 Å². The summed E-state index contributed by atoms with van der Waals surface area (Å²) in [4.78, 5) is 11.8. The van der Waals surface area contributed by atoms with Gasteiger partial charge in [-0.3, -0.25) is 4.79 Å². The molecular formula is C11H12N4O2. The van der Waals surface area contributed by atoms with Crippen LogP contribution in [0.3, 0.4) is 0 Å². The Bertz CT molecular complexity index is 470. The van der Waals surface area contributed by atoms with Crippen LogP contribution in [0.5, 0.6) is 0 Å². The summed E-state index contributed by atoms with van der Waals surface area (Å²) in [5.74, 6) is -0.543. The van der Waals surface area contributed by atoms with E-state index in [2.05, 4.69) is 10.3 Å². The van der Waals surface area contributed by atoms with E-state index in [9.17, 15) is 4.79 Å². The Balaban J connectivity index is 2.13. The minimum Gasteiger partial charge on any atom is -0.410 e. The van der Waals surface area contributed by atoms with Crippen LogP contribution in [0, 0.1) is 5.92 Å². The largest absolute Gasteiger partial charge is 0.410 e. The summed E-state index contributed by atoms with van der Waals surface area (Å²) in [7, 11) is 0. The first-order valence-electron chi connectivity index (χ1n) is 5.11. The van der Waals surface area contributed by atoms with Crippen LogP contribution in [-0.4, -0.2) is 28.3 Å². The topological polar surface area (TPSA) is 91.3 Å². The second kappa shape index (κ2) is 4.65. The molecule has 0 aliphatic carbocycles. The SMILES string of the molecule is NC1=NN(/C=N/O)C(=O)C1Cc1ccccc1. The van der Waals surface area contributed by atoms with E-state index in [4.69, 9.17) is 10.9 Å². The Morgan fingerprint density at radius 3 is 2.82 bits per heavy atom. The zero-order chi connectivity index (χ0) is 12.3. The van der Waals surface area contributed by atoms with E-state index < -0.39 is 5.92 Å². The van der Waals surface area contributed by atoms with Crippen molar-refractivity contribution < 1.29 is 10.0 Å². The summed E-state index contributed by atoms with van der Waals surface area (Å²) in [6.07, 6.45) is 1.42. The molecule has 0 radical (unpaired) electrons. The van der Waals surface area contributed by atoms with Crippen LogP contribution < -0.4 is 5.73 Å². The number of oxime groups is 1. The second-order valence-corrected chi connectivity index (χ2v) is 3.68. The summed E-state index contributed by atoms with van der Waals surface area (Å²) < 4.78 is 0. The molecule has 1 heterocycles. The highest BCUT2D eigenvalue weighted by Gasteiger charge is 2.33. The van der Waals surface area contributed by atoms with Gasteiger partial charge in [0.2, 0.25) is 0 Å². The minimum absolute atomic E-state index is 0.235. The molecule has 0 saturated heterocycles. The number of amides is 1. The molecule has 88 valence electrons. The average Bonchev–Trinajstić information content (AvgIpc) is 2.59. The fourth-order valence-electron chi connectivity index (χ4n) is 1.70. The van der Waals surface area contributed by atoms with E-state index in [-0.39, 0.29) is 11.7 Å². The number of hydrogen-bond donors (Lipinski definition) is 2. The van der Waals surface area contributed by atoms with Crippen LogP contribution in [0.2, 0.25) is 0 Å². The van der Waals surface area contributed by atoms with Crippen LogP contribution in [0.1, 0.15) is 5.56 Å². The van der Waals surface area contributed by atoms with Crippen molar-refractivity contribution in [3.63, 3.8) is 0 Å². The smallest absolute Gasteiger partial charge is 0.259 e. The van der Waals surface area contributed by atoms with Crippen molar-refractivity contribution in [1.82, 2.24) is 5.01 Å². The summed E-state index contributed by atoms with van der Waals surface area (Å²) >= 11 is 0. The zero-order valence-corrected chi connectivity index (χ0v) is 9.02. The molecule has 1 aliphatic heterocycles. The number of rotatable bonds is 3. The van der Waals surface area contributed by atoms with Gasteiger partial charge in [0.1, 0.15) is 11.8 Å². The Morgan fingerprint density at radius 1 is 1.47 bits per heavy atom. The number of nitrogens with zero attached hydrogens (tertiary/aromatic N) is 3. The van der Waals surface area contributed by atoms with Crippen LogP contribution in [0.25, 0.3) is 0 Å². The van der Waals surface area contributed by atoms with Gasteiger partial charge < -0.3 is 10.9 Å². The predicted molar refractivity (Wildman–Crippen MR) is 62.4 cm³/mol. The molecule has 0 saturated carbocycles. The fourth-order valence-corrected chi connectivity index (χ4v) is 1.70. The third-order valence-corrected chi connectivity index (χ3v) is 2.55. The normalized spacial score (nSPS) is 20.0. The van der Waals surface area contributed by atoms with E-state index in [1.54, 1.807) is 0 Å². The maximum atomic E-state index is 11.8. The van der Waals surface area contributed by atoms with Gasteiger partial charge in [0.15, 0.2) is 6.34 Å². The predicted octanol–water partition coefficient (Wildman–Crippen LogP) is 0.377. The number of benzene rings is 1. The number of hydrogen-bond acceptors (Lipinski definition) is 5. The molecule has 1 atom stereocenters. The van der Waals surface area contributed by atoms with Crippen LogP contribution in [0.15, 0.2) is 40.6 Å². The highest BCUT2D eigenvalue weighted by atomic mass is 16.4. The van der Waals surface area contributed by atoms with Gasteiger partial charge >= 0.3 is 0 Å². The highest BCUT2D eigenvalue weighted by Crippen LogP contribution is 2.17. The Hall–Kier alpha value is -2.37. The van der Waals surface area contributed by atoms with Gasteiger partial charge in [-0.05, 0) is 12.0 Å². The number of carbonyl (C=O) groups excluding carboxylic acids is 1. The van der Waals surface area contributed by atoms with Crippen molar-refractivity contribution in [3.8, 4) is 0 Å². The van der Waals surface area contributed by atoms with E-state index in [1.807, 2.05) is 30.3 Å².